The Kier molecular flexibility index (Phi) is 6.23. The standard InChI is InChI=1S/C17H15ClFNO3S/c1-10(16(21)20-14-8-7-11(18)9-13(14)19)23-17(22)12-5-3-4-6-15(12)24-2/h3-10H,1-2H3,(H,20,21)/t10-/m0/s1. The molecule has 0 aliphatic heterocycles. The largest absolute Gasteiger partial charge is 0.449 e. The Labute approximate surface area is 148 Å². The van der Waals surface area contributed by atoms with Crippen LogP contribution < -0.4 is 5.32 Å². The summed E-state index contributed by atoms with van der Waals surface area (Å²) in [5, 5.41) is 2.59. The van der Waals surface area contributed by atoms with Gasteiger partial charge in [0.2, 0.25) is 0 Å². The van der Waals surface area contributed by atoms with Gasteiger partial charge in [0, 0.05) is 9.92 Å². The molecule has 0 aliphatic rings. The lowest BCUT2D eigenvalue weighted by Gasteiger charge is -2.15. The zero-order chi connectivity index (χ0) is 17.7. The van der Waals surface area contributed by atoms with Crippen molar-refractivity contribution in [3.63, 3.8) is 0 Å². The predicted molar refractivity (Wildman–Crippen MR) is 93.1 cm³/mol. The molecule has 0 unspecified atom stereocenters. The van der Waals surface area contributed by atoms with E-state index in [2.05, 4.69) is 5.32 Å². The quantitative estimate of drug-likeness (QED) is 0.629. The summed E-state index contributed by atoms with van der Waals surface area (Å²) in [6, 6.07) is 10.8. The maximum Gasteiger partial charge on any atom is 0.340 e. The van der Waals surface area contributed by atoms with Gasteiger partial charge in [-0.3, -0.25) is 4.79 Å². The number of carbonyl (C=O) groups is 2. The predicted octanol–water partition coefficient (Wildman–Crippen LogP) is 4.39. The number of benzene rings is 2. The second-order valence-corrected chi connectivity index (χ2v) is 6.15. The van der Waals surface area contributed by atoms with Crippen molar-refractivity contribution in [3.05, 3.63) is 58.9 Å². The molecule has 4 nitrogen and oxygen atoms in total. The molecule has 1 amide bonds. The van der Waals surface area contributed by atoms with Crippen molar-refractivity contribution in [3.8, 4) is 0 Å². The van der Waals surface area contributed by atoms with Crippen LogP contribution in [-0.4, -0.2) is 24.2 Å². The Balaban J connectivity index is 2.04. The molecule has 0 aromatic heterocycles. The van der Waals surface area contributed by atoms with Crippen LogP contribution in [-0.2, 0) is 9.53 Å². The number of nitrogens with one attached hydrogen (secondary N) is 1. The van der Waals surface area contributed by atoms with Crippen LogP contribution in [0.1, 0.15) is 17.3 Å². The van der Waals surface area contributed by atoms with Crippen molar-refractivity contribution in [1.82, 2.24) is 0 Å². The molecule has 24 heavy (non-hydrogen) atoms. The van der Waals surface area contributed by atoms with Gasteiger partial charge < -0.3 is 10.1 Å². The van der Waals surface area contributed by atoms with Gasteiger partial charge in [0.15, 0.2) is 6.10 Å². The van der Waals surface area contributed by atoms with Gasteiger partial charge in [0.25, 0.3) is 5.91 Å². The summed E-state index contributed by atoms with van der Waals surface area (Å²) in [6.45, 7) is 1.42. The van der Waals surface area contributed by atoms with Gasteiger partial charge in [0.1, 0.15) is 5.82 Å². The Morgan fingerprint density at radius 1 is 1.25 bits per heavy atom. The maximum atomic E-state index is 13.7. The van der Waals surface area contributed by atoms with Crippen LogP contribution in [0.3, 0.4) is 0 Å². The molecule has 7 heteroatoms. The summed E-state index contributed by atoms with van der Waals surface area (Å²) in [5.74, 6) is -1.91. The van der Waals surface area contributed by atoms with Gasteiger partial charge in [-0.05, 0) is 43.5 Å². The molecule has 0 bridgehead atoms. The number of amides is 1. The average Bonchev–Trinajstić information content (AvgIpc) is 2.57. The molecule has 2 rings (SSSR count). The lowest BCUT2D eigenvalue weighted by atomic mass is 10.2. The van der Waals surface area contributed by atoms with Gasteiger partial charge in [-0.1, -0.05) is 23.7 Å². The first-order valence-electron chi connectivity index (χ1n) is 7.02. The maximum absolute atomic E-state index is 13.7. The van der Waals surface area contributed by atoms with Crippen LogP contribution in [0.4, 0.5) is 10.1 Å². The number of halogens is 2. The number of hydrogen-bond donors (Lipinski definition) is 1. The fourth-order valence-corrected chi connectivity index (χ4v) is 2.66. The molecule has 2 aromatic rings. The molecule has 0 saturated heterocycles. The molecule has 1 N–H and O–H groups in total. The minimum absolute atomic E-state index is 0.0307. The highest BCUT2D eigenvalue weighted by Gasteiger charge is 2.21. The molecular formula is C17H15ClFNO3S. The van der Waals surface area contributed by atoms with Crippen molar-refractivity contribution in [2.24, 2.45) is 0 Å². The molecule has 0 aliphatic carbocycles. The molecule has 1 atom stereocenters. The SMILES string of the molecule is CSc1ccccc1C(=O)O[C@@H](C)C(=O)Nc1ccc(Cl)cc1F. The number of rotatable bonds is 5. The third-order valence-corrected chi connectivity index (χ3v) is 4.20. The van der Waals surface area contributed by atoms with E-state index >= 15 is 0 Å². The summed E-state index contributed by atoms with van der Waals surface area (Å²) in [5.41, 5.74) is 0.346. The summed E-state index contributed by atoms with van der Waals surface area (Å²) in [6.07, 6.45) is 0.758. The van der Waals surface area contributed by atoms with E-state index in [-0.39, 0.29) is 10.7 Å². The number of thioether (sulfide) groups is 1. The number of esters is 1. The fraction of sp³-hybridized carbons (Fsp3) is 0.176. The van der Waals surface area contributed by atoms with E-state index in [0.717, 1.165) is 11.0 Å². The van der Waals surface area contributed by atoms with Crippen molar-refractivity contribution < 1.29 is 18.7 Å². The zero-order valence-electron chi connectivity index (χ0n) is 13.0. The zero-order valence-corrected chi connectivity index (χ0v) is 14.6. The van der Waals surface area contributed by atoms with E-state index in [1.165, 1.54) is 30.8 Å². The van der Waals surface area contributed by atoms with Crippen LogP contribution in [0.5, 0.6) is 0 Å². The lowest BCUT2D eigenvalue weighted by Crippen LogP contribution is -2.30. The van der Waals surface area contributed by atoms with Crippen molar-refractivity contribution in [2.75, 3.05) is 11.6 Å². The number of ether oxygens (including phenoxy) is 1. The molecule has 126 valence electrons. The highest BCUT2D eigenvalue weighted by molar-refractivity contribution is 7.98. The van der Waals surface area contributed by atoms with Gasteiger partial charge in [-0.15, -0.1) is 11.8 Å². The van der Waals surface area contributed by atoms with Crippen LogP contribution in [0, 0.1) is 5.82 Å². The average molecular weight is 368 g/mol. The first kappa shape index (κ1) is 18.3. The van der Waals surface area contributed by atoms with E-state index in [1.54, 1.807) is 18.2 Å². The van der Waals surface area contributed by atoms with Crippen LogP contribution in [0.25, 0.3) is 0 Å². The summed E-state index contributed by atoms with van der Waals surface area (Å²) in [4.78, 5) is 25.0. The smallest absolute Gasteiger partial charge is 0.340 e. The van der Waals surface area contributed by atoms with Crippen LogP contribution >= 0.6 is 23.4 Å². The third kappa shape index (κ3) is 4.49. The molecular weight excluding hydrogens is 353 g/mol. The van der Waals surface area contributed by atoms with Crippen LogP contribution in [0.15, 0.2) is 47.4 Å². The lowest BCUT2D eigenvalue weighted by molar-refractivity contribution is -0.123. The van der Waals surface area contributed by atoms with Crippen molar-refractivity contribution in [1.29, 1.82) is 0 Å². The Morgan fingerprint density at radius 2 is 1.96 bits per heavy atom. The van der Waals surface area contributed by atoms with Gasteiger partial charge >= 0.3 is 5.97 Å². The van der Waals surface area contributed by atoms with E-state index in [4.69, 9.17) is 16.3 Å². The van der Waals surface area contributed by atoms with Crippen molar-refractivity contribution in [2.45, 2.75) is 17.9 Å². The Hall–Kier alpha value is -2.05. The molecule has 0 fully saturated rings. The van der Waals surface area contributed by atoms with E-state index < -0.39 is 23.8 Å². The highest BCUT2D eigenvalue weighted by Crippen LogP contribution is 2.22. The first-order chi connectivity index (χ1) is 11.4. The van der Waals surface area contributed by atoms with E-state index in [0.29, 0.717) is 5.56 Å². The molecule has 0 radical (unpaired) electrons. The summed E-state index contributed by atoms with van der Waals surface area (Å²) in [7, 11) is 0. The highest BCUT2D eigenvalue weighted by atomic mass is 35.5. The second kappa shape index (κ2) is 8.17. The Bertz CT molecular complexity index is 769. The first-order valence-corrected chi connectivity index (χ1v) is 8.62. The monoisotopic (exact) mass is 367 g/mol. The number of hydrogen-bond acceptors (Lipinski definition) is 4. The number of anilines is 1. The van der Waals surface area contributed by atoms with Gasteiger partial charge in [-0.25, -0.2) is 9.18 Å². The molecule has 2 aromatic carbocycles. The van der Waals surface area contributed by atoms with E-state index in [1.807, 2.05) is 12.3 Å². The molecule has 0 spiro atoms. The molecule has 0 saturated carbocycles. The number of carbonyl (C=O) groups excluding carboxylic acids is 2. The van der Waals surface area contributed by atoms with Crippen molar-refractivity contribution >= 4 is 40.9 Å². The molecule has 0 heterocycles. The summed E-state index contributed by atoms with van der Waals surface area (Å²) < 4.78 is 18.9. The normalized spacial score (nSPS) is 11.7. The van der Waals surface area contributed by atoms with Gasteiger partial charge in [-0.2, -0.15) is 0 Å². The minimum Gasteiger partial charge on any atom is -0.449 e. The van der Waals surface area contributed by atoms with Crippen LogP contribution in [0.2, 0.25) is 5.02 Å². The second-order valence-electron chi connectivity index (χ2n) is 4.86. The van der Waals surface area contributed by atoms with Gasteiger partial charge in [0.05, 0.1) is 11.3 Å². The fourth-order valence-electron chi connectivity index (χ4n) is 1.92. The summed E-state index contributed by atoms with van der Waals surface area (Å²) >= 11 is 7.06. The minimum atomic E-state index is -1.08. The van der Waals surface area contributed by atoms with E-state index in [9.17, 15) is 14.0 Å². The Morgan fingerprint density at radius 3 is 2.62 bits per heavy atom. The topological polar surface area (TPSA) is 55.4 Å². The third-order valence-electron chi connectivity index (χ3n) is 3.17.